The first-order chi connectivity index (χ1) is 13.8. The summed E-state index contributed by atoms with van der Waals surface area (Å²) in [5.74, 6) is -5.02. The standard InChI is InChI=1S/C22H29F2NO4/c1-3-4-5-6-19(26)12-11-18-15-22(23,24)21(28)25(18)14-13-16-7-9-17(10-8-16)20(27)29-2/h7-12,18-19,26H,3-6,13-15H2,1-2H3/b12-11+/t18-,19-/m0/s1. The summed E-state index contributed by atoms with van der Waals surface area (Å²) in [4.78, 5) is 24.8. The molecule has 7 heteroatoms. The molecule has 0 saturated carbocycles. The minimum atomic E-state index is -3.39. The van der Waals surface area contributed by atoms with Crippen LogP contribution in [0.4, 0.5) is 8.78 Å². The van der Waals surface area contributed by atoms with Crippen molar-refractivity contribution in [3.05, 3.63) is 47.5 Å². The molecule has 1 aromatic carbocycles. The molecule has 1 saturated heterocycles. The van der Waals surface area contributed by atoms with Crippen molar-refractivity contribution in [3.8, 4) is 0 Å². The lowest BCUT2D eigenvalue weighted by Crippen LogP contribution is -2.37. The molecule has 29 heavy (non-hydrogen) atoms. The van der Waals surface area contributed by atoms with E-state index >= 15 is 0 Å². The number of alkyl halides is 2. The molecular weight excluding hydrogens is 380 g/mol. The van der Waals surface area contributed by atoms with Crippen LogP contribution in [0, 0.1) is 0 Å². The summed E-state index contributed by atoms with van der Waals surface area (Å²) in [6.45, 7) is 2.20. The molecule has 0 aliphatic carbocycles. The number of hydrogen-bond acceptors (Lipinski definition) is 4. The van der Waals surface area contributed by atoms with Crippen LogP contribution in [0.15, 0.2) is 36.4 Å². The van der Waals surface area contributed by atoms with Gasteiger partial charge in [0, 0.05) is 13.0 Å². The number of halogens is 2. The number of benzene rings is 1. The number of amides is 1. The Labute approximate surface area is 170 Å². The summed E-state index contributed by atoms with van der Waals surface area (Å²) in [5.41, 5.74) is 1.22. The number of rotatable bonds is 10. The molecular formula is C22H29F2NO4. The fraction of sp³-hybridized carbons (Fsp3) is 0.545. The summed E-state index contributed by atoms with van der Waals surface area (Å²) in [7, 11) is 1.30. The van der Waals surface area contributed by atoms with E-state index in [4.69, 9.17) is 0 Å². The second kappa shape index (κ2) is 10.5. The van der Waals surface area contributed by atoms with Crippen molar-refractivity contribution in [2.24, 2.45) is 0 Å². The van der Waals surface area contributed by atoms with E-state index in [0.717, 1.165) is 24.8 Å². The van der Waals surface area contributed by atoms with Crippen molar-refractivity contribution < 1.29 is 28.2 Å². The fourth-order valence-corrected chi connectivity index (χ4v) is 3.39. The highest BCUT2D eigenvalue weighted by Crippen LogP contribution is 2.34. The van der Waals surface area contributed by atoms with Gasteiger partial charge in [0.05, 0.1) is 24.8 Å². The van der Waals surface area contributed by atoms with Gasteiger partial charge in [0.2, 0.25) is 0 Å². The van der Waals surface area contributed by atoms with E-state index < -0.39 is 36.4 Å². The molecule has 1 fully saturated rings. The predicted molar refractivity (Wildman–Crippen MR) is 106 cm³/mol. The minimum absolute atomic E-state index is 0.132. The van der Waals surface area contributed by atoms with E-state index in [1.54, 1.807) is 24.3 Å². The summed E-state index contributed by atoms with van der Waals surface area (Å²) in [5, 5.41) is 10.0. The second-order valence-corrected chi connectivity index (χ2v) is 7.36. The number of esters is 1. The predicted octanol–water partition coefficient (Wildman–Crippen LogP) is 3.75. The SMILES string of the molecule is CCCCC[C@H](O)/C=C/[C@H]1CC(F)(F)C(=O)N1CCc1ccc(C(=O)OC)cc1. The third kappa shape index (κ3) is 6.35. The first-order valence-corrected chi connectivity index (χ1v) is 10.0. The van der Waals surface area contributed by atoms with Crippen LogP contribution in [0.2, 0.25) is 0 Å². The molecule has 160 valence electrons. The highest BCUT2D eigenvalue weighted by molar-refractivity contribution is 5.89. The normalized spacial score (nSPS) is 19.7. The topological polar surface area (TPSA) is 66.8 Å². The monoisotopic (exact) mass is 409 g/mol. The molecule has 1 amide bonds. The van der Waals surface area contributed by atoms with Gasteiger partial charge < -0.3 is 14.7 Å². The van der Waals surface area contributed by atoms with Gasteiger partial charge >= 0.3 is 11.9 Å². The molecule has 2 atom stereocenters. The summed E-state index contributed by atoms with van der Waals surface area (Å²) >= 11 is 0. The second-order valence-electron chi connectivity index (χ2n) is 7.36. The minimum Gasteiger partial charge on any atom is -0.465 e. The van der Waals surface area contributed by atoms with Crippen LogP contribution < -0.4 is 0 Å². The largest absolute Gasteiger partial charge is 0.465 e. The Morgan fingerprint density at radius 1 is 1.34 bits per heavy atom. The molecule has 0 aromatic heterocycles. The molecule has 1 aliphatic rings. The highest BCUT2D eigenvalue weighted by atomic mass is 19.3. The molecule has 1 N–H and O–H groups in total. The van der Waals surface area contributed by atoms with Gasteiger partial charge in [0.1, 0.15) is 0 Å². The Morgan fingerprint density at radius 3 is 2.66 bits per heavy atom. The van der Waals surface area contributed by atoms with E-state index in [0.29, 0.717) is 18.4 Å². The lowest BCUT2D eigenvalue weighted by molar-refractivity contribution is -0.148. The van der Waals surface area contributed by atoms with Gasteiger partial charge in [-0.3, -0.25) is 4.79 Å². The number of aliphatic hydroxyl groups is 1. The van der Waals surface area contributed by atoms with Crippen molar-refractivity contribution in [1.29, 1.82) is 0 Å². The smallest absolute Gasteiger partial charge is 0.337 e. The van der Waals surface area contributed by atoms with Gasteiger partial charge in [0.15, 0.2) is 0 Å². The van der Waals surface area contributed by atoms with Crippen LogP contribution in [-0.4, -0.2) is 53.6 Å². The van der Waals surface area contributed by atoms with Crippen LogP contribution in [-0.2, 0) is 16.0 Å². The number of carbonyl (C=O) groups excluding carboxylic acids is 2. The maximum absolute atomic E-state index is 14.0. The number of aliphatic hydroxyl groups excluding tert-OH is 1. The lowest BCUT2D eigenvalue weighted by Gasteiger charge is -2.22. The first kappa shape index (κ1) is 23.0. The molecule has 0 radical (unpaired) electrons. The van der Waals surface area contributed by atoms with Crippen LogP contribution in [0.5, 0.6) is 0 Å². The van der Waals surface area contributed by atoms with Crippen LogP contribution in [0.3, 0.4) is 0 Å². The highest BCUT2D eigenvalue weighted by Gasteiger charge is 2.52. The van der Waals surface area contributed by atoms with E-state index in [-0.39, 0.29) is 6.54 Å². The Bertz CT molecular complexity index is 718. The first-order valence-electron chi connectivity index (χ1n) is 10.0. The number of nitrogens with zero attached hydrogens (tertiary/aromatic N) is 1. The average molecular weight is 409 g/mol. The van der Waals surface area contributed by atoms with Gasteiger partial charge in [-0.2, -0.15) is 8.78 Å². The van der Waals surface area contributed by atoms with Gasteiger partial charge in [-0.05, 0) is 30.5 Å². The molecule has 0 spiro atoms. The summed E-state index contributed by atoms with van der Waals surface area (Å²) in [6, 6.07) is 5.89. The van der Waals surface area contributed by atoms with Gasteiger partial charge in [0.25, 0.3) is 5.91 Å². The van der Waals surface area contributed by atoms with Crippen molar-refractivity contribution in [1.82, 2.24) is 4.90 Å². The number of carbonyl (C=O) groups is 2. The summed E-state index contributed by atoms with van der Waals surface area (Å²) in [6.07, 6.45) is 5.64. The molecule has 1 heterocycles. The average Bonchev–Trinajstić information content (AvgIpc) is 2.93. The van der Waals surface area contributed by atoms with Crippen molar-refractivity contribution in [3.63, 3.8) is 0 Å². The van der Waals surface area contributed by atoms with Gasteiger partial charge in [-0.1, -0.05) is 50.5 Å². The molecule has 1 aromatic rings. The van der Waals surface area contributed by atoms with Crippen LogP contribution in [0.1, 0.15) is 54.9 Å². The van der Waals surface area contributed by atoms with Crippen molar-refractivity contribution in [2.45, 2.75) is 63.5 Å². The Kier molecular flexibility index (Phi) is 8.32. The van der Waals surface area contributed by atoms with Crippen LogP contribution >= 0.6 is 0 Å². The zero-order chi connectivity index (χ0) is 21.4. The molecule has 5 nitrogen and oxygen atoms in total. The zero-order valence-electron chi connectivity index (χ0n) is 16.9. The number of hydrogen-bond donors (Lipinski definition) is 1. The zero-order valence-corrected chi connectivity index (χ0v) is 16.9. The molecule has 0 unspecified atom stereocenters. The number of unbranched alkanes of at least 4 members (excludes halogenated alkanes) is 2. The van der Waals surface area contributed by atoms with Crippen molar-refractivity contribution in [2.75, 3.05) is 13.7 Å². The van der Waals surface area contributed by atoms with E-state index in [1.807, 2.05) is 0 Å². The number of ether oxygens (including phenoxy) is 1. The molecule has 2 rings (SSSR count). The maximum Gasteiger partial charge on any atom is 0.337 e. The van der Waals surface area contributed by atoms with Crippen LogP contribution in [0.25, 0.3) is 0 Å². The Hall–Kier alpha value is -2.28. The van der Waals surface area contributed by atoms with Gasteiger partial charge in [-0.25, -0.2) is 4.79 Å². The molecule has 1 aliphatic heterocycles. The van der Waals surface area contributed by atoms with Gasteiger partial charge in [-0.15, -0.1) is 0 Å². The van der Waals surface area contributed by atoms with E-state index in [9.17, 15) is 23.5 Å². The molecule has 0 bridgehead atoms. The Morgan fingerprint density at radius 2 is 2.03 bits per heavy atom. The van der Waals surface area contributed by atoms with E-state index in [2.05, 4.69) is 11.7 Å². The Balaban J connectivity index is 1.99. The van der Waals surface area contributed by atoms with Crippen molar-refractivity contribution >= 4 is 11.9 Å². The third-order valence-electron chi connectivity index (χ3n) is 5.11. The number of methoxy groups -OCH3 is 1. The number of likely N-dealkylation sites (tertiary alicyclic amines) is 1. The third-order valence-corrected chi connectivity index (χ3v) is 5.11. The van der Waals surface area contributed by atoms with E-state index in [1.165, 1.54) is 24.2 Å². The fourth-order valence-electron chi connectivity index (χ4n) is 3.39. The lowest BCUT2D eigenvalue weighted by atomic mass is 10.1. The maximum atomic E-state index is 14.0. The summed E-state index contributed by atoms with van der Waals surface area (Å²) < 4.78 is 32.6. The quantitative estimate of drug-likeness (QED) is 0.363.